The zero-order valence-electron chi connectivity index (χ0n) is 23.4. The van der Waals surface area contributed by atoms with E-state index in [-0.39, 0.29) is 22.3 Å². The molecule has 0 saturated carbocycles. The molecule has 4 N–H and O–H groups in total. The van der Waals surface area contributed by atoms with Crippen molar-refractivity contribution in [2.45, 2.75) is 35.3 Å². The Labute approximate surface area is 265 Å². The van der Waals surface area contributed by atoms with Crippen molar-refractivity contribution in [1.29, 1.82) is 0 Å². The number of Topliss-reactive ketones (excluding diaryl/α,β-unsaturated/α-hetero) is 4. The molecule has 11 heteroatoms. The third-order valence-corrected chi connectivity index (χ3v) is 8.29. The zero-order chi connectivity index (χ0) is 32.4. The molecule has 4 aromatic carbocycles. The summed E-state index contributed by atoms with van der Waals surface area (Å²) in [4.78, 5) is 56.8. The van der Waals surface area contributed by atoms with Crippen molar-refractivity contribution in [1.82, 2.24) is 0 Å². The minimum atomic E-state index is -3.86. The van der Waals surface area contributed by atoms with E-state index in [4.69, 9.17) is 8.57 Å². The first kappa shape index (κ1) is 32.2. The van der Waals surface area contributed by atoms with E-state index in [1.807, 2.05) is 0 Å². The van der Waals surface area contributed by atoms with Crippen LogP contribution in [0.25, 0.3) is 0 Å². The highest BCUT2D eigenvalue weighted by molar-refractivity contribution is 9.06. The Morgan fingerprint density at radius 1 is 0.600 bits per heavy atom. The summed E-state index contributed by atoms with van der Waals surface area (Å²) in [6.07, 6.45) is -7.31. The third kappa shape index (κ3) is 5.08. The summed E-state index contributed by atoms with van der Waals surface area (Å²) >= 11 is 2.67. The number of ether oxygens (including phenoxy) is 1. The van der Waals surface area contributed by atoms with E-state index in [0.717, 1.165) is 0 Å². The number of aliphatic hydroxyl groups excluding tert-OH is 1. The van der Waals surface area contributed by atoms with Crippen molar-refractivity contribution in [2.24, 2.45) is 0 Å². The predicted octanol–water partition coefficient (Wildman–Crippen LogP) is 3.12. The van der Waals surface area contributed by atoms with Gasteiger partial charge in [-0.2, -0.15) is 0 Å². The molecule has 10 nitrogen and oxygen atoms in total. The maximum absolute atomic E-state index is 14.5. The number of hydrogen-bond acceptors (Lipinski definition) is 10. The van der Waals surface area contributed by atoms with Crippen molar-refractivity contribution in [3.8, 4) is 0 Å². The van der Waals surface area contributed by atoms with E-state index in [9.17, 15) is 39.6 Å². The van der Waals surface area contributed by atoms with Crippen molar-refractivity contribution < 1.29 is 48.2 Å². The Kier molecular flexibility index (Phi) is 9.06. The van der Waals surface area contributed by atoms with Gasteiger partial charge in [-0.3, -0.25) is 23.0 Å². The molecule has 1 aliphatic heterocycles. The summed E-state index contributed by atoms with van der Waals surface area (Å²) in [5.74, 6) is -5.38. The molecule has 0 aliphatic carbocycles. The summed E-state index contributed by atoms with van der Waals surface area (Å²) in [6, 6.07) is 28.0. The van der Waals surface area contributed by atoms with Gasteiger partial charge in [0.15, 0.2) is 11.4 Å². The largest absolute Gasteiger partial charge is 0.382 e. The van der Waals surface area contributed by atoms with Gasteiger partial charge in [-0.1, -0.05) is 121 Å². The molecule has 1 heterocycles. The second kappa shape index (κ2) is 12.7. The summed E-state index contributed by atoms with van der Waals surface area (Å²) < 4.78 is 10.9. The lowest BCUT2D eigenvalue weighted by Gasteiger charge is -2.58. The number of hydrogen-bond donors (Lipinski definition) is 4. The van der Waals surface area contributed by atoms with Crippen molar-refractivity contribution >= 4 is 39.4 Å². The van der Waals surface area contributed by atoms with Crippen LogP contribution < -0.4 is 0 Å². The quantitative estimate of drug-likeness (QED) is 0.184. The molecule has 230 valence electrons. The Morgan fingerprint density at radius 2 is 0.956 bits per heavy atom. The van der Waals surface area contributed by atoms with Gasteiger partial charge in [-0.05, 0) is 0 Å². The molecule has 0 spiro atoms. The maximum atomic E-state index is 14.5. The molecule has 1 saturated heterocycles. The maximum Gasteiger partial charge on any atom is 0.219 e. The van der Waals surface area contributed by atoms with Gasteiger partial charge in [0.25, 0.3) is 0 Å². The van der Waals surface area contributed by atoms with Crippen LogP contribution >= 0.6 is 16.3 Å². The van der Waals surface area contributed by atoms with Gasteiger partial charge >= 0.3 is 0 Å². The van der Waals surface area contributed by atoms with E-state index in [1.165, 1.54) is 97.1 Å². The topological polar surface area (TPSA) is 168 Å². The molecule has 1 aliphatic rings. The van der Waals surface area contributed by atoms with Crippen LogP contribution in [0, 0.1) is 0 Å². The van der Waals surface area contributed by atoms with Gasteiger partial charge in [-0.25, -0.2) is 0 Å². The van der Waals surface area contributed by atoms with E-state index < -0.39 is 58.4 Å². The average molecular weight is 675 g/mol. The molecular weight excluding hydrogens is 648 g/mol. The standard InChI is InChI=1S/C34H27BrO10/c35-45-31-33(42,28(39)23-17-9-3-10-18-23)34(43,29(40)24-19-11-4-12-20-24)32(41,27(38)22-15-7-2-8-16-22)30(44-31)26(37)25(36)21-13-5-1-6-14-21/h1-20,26,30-31,37,41-43H/t26?,30-,31-,32-,33-,34+/m0/s1. The molecule has 45 heavy (non-hydrogen) atoms. The van der Waals surface area contributed by atoms with Crippen LogP contribution in [0.15, 0.2) is 121 Å². The van der Waals surface area contributed by atoms with Gasteiger partial charge in [0.1, 0.15) is 28.5 Å². The summed E-state index contributed by atoms with van der Waals surface area (Å²) in [6.45, 7) is 0. The highest BCUT2D eigenvalue weighted by atomic mass is 79.9. The summed E-state index contributed by atoms with van der Waals surface area (Å²) in [7, 11) is 0. The smallest absolute Gasteiger partial charge is 0.219 e. The van der Waals surface area contributed by atoms with Gasteiger partial charge in [0, 0.05) is 22.3 Å². The predicted molar refractivity (Wildman–Crippen MR) is 163 cm³/mol. The Morgan fingerprint density at radius 3 is 1.36 bits per heavy atom. The highest BCUT2D eigenvalue weighted by Crippen LogP contribution is 2.51. The monoisotopic (exact) mass is 674 g/mol. The minimum Gasteiger partial charge on any atom is -0.382 e. The zero-order valence-corrected chi connectivity index (χ0v) is 25.0. The number of rotatable bonds is 10. The van der Waals surface area contributed by atoms with Crippen molar-refractivity contribution in [2.75, 3.05) is 0 Å². The number of aliphatic hydroxyl groups is 4. The van der Waals surface area contributed by atoms with Crippen LogP contribution in [0.4, 0.5) is 0 Å². The van der Waals surface area contributed by atoms with Crippen molar-refractivity contribution in [3.63, 3.8) is 0 Å². The lowest BCUT2D eigenvalue weighted by molar-refractivity contribution is -0.342. The Hall–Kier alpha value is -4.20. The number of carbonyl (C=O) groups excluding carboxylic acids is 4. The number of carbonyl (C=O) groups is 4. The van der Waals surface area contributed by atoms with E-state index in [0.29, 0.717) is 0 Å². The van der Waals surface area contributed by atoms with Crippen LogP contribution in [-0.2, 0) is 8.57 Å². The molecule has 4 aromatic rings. The summed E-state index contributed by atoms with van der Waals surface area (Å²) in [5, 5.41) is 49.4. The highest BCUT2D eigenvalue weighted by Gasteiger charge is 2.82. The SMILES string of the molecule is O=C(c1ccccc1)C(O)[C@@H]1O[C@@H](OBr)[C@@](O)(C(=O)c2ccccc2)[C@@](O)(C(=O)c2ccccc2)[C@]1(O)C(=O)c1ccccc1. The van der Waals surface area contributed by atoms with Crippen LogP contribution in [-0.4, -0.2) is 78.9 Å². The molecule has 1 fully saturated rings. The summed E-state index contributed by atoms with van der Waals surface area (Å²) in [5.41, 5.74) is -12.1. The number of ketones is 4. The fourth-order valence-corrected chi connectivity index (χ4v) is 5.98. The number of benzene rings is 4. The van der Waals surface area contributed by atoms with Gasteiger partial charge in [0.2, 0.25) is 34.8 Å². The van der Waals surface area contributed by atoms with Crippen LogP contribution in [0.1, 0.15) is 41.4 Å². The lowest BCUT2D eigenvalue weighted by Crippen LogP contribution is -2.87. The van der Waals surface area contributed by atoms with Gasteiger partial charge in [-0.15, -0.1) is 0 Å². The second-order valence-corrected chi connectivity index (χ2v) is 10.9. The average Bonchev–Trinajstić information content (AvgIpc) is 3.10. The molecule has 5 rings (SSSR count). The minimum absolute atomic E-state index is 0.0708. The first-order valence-electron chi connectivity index (χ1n) is 13.7. The fraction of sp³-hybridized carbons (Fsp3) is 0.176. The van der Waals surface area contributed by atoms with E-state index in [2.05, 4.69) is 16.3 Å². The number of halogens is 1. The van der Waals surface area contributed by atoms with E-state index >= 15 is 0 Å². The first-order valence-corrected chi connectivity index (χ1v) is 14.3. The molecule has 0 aromatic heterocycles. The van der Waals surface area contributed by atoms with Crippen LogP contribution in [0.5, 0.6) is 0 Å². The van der Waals surface area contributed by atoms with Crippen molar-refractivity contribution in [3.05, 3.63) is 144 Å². The third-order valence-electron chi connectivity index (χ3n) is 7.95. The Balaban J connectivity index is 1.84. The normalized spacial score (nSPS) is 26.9. The van der Waals surface area contributed by atoms with Crippen LogP contribution in [0.2, 0.25) is 0 Å². The van der Waals surface area contributed by atoms with E-state index in [1.54, 1.807) is 24.3 Å². The molecule has 1 unspecified atom stereocenters. The van der Waals surface area contributed by atoms with Gasteiger partial charge in [0.05, 0.1) is 0 Å². The Bertz CT molecular complexity index is 1700. The van der Waals surface area contributed by atoms with Crippen LogP contribution in [0.3, 0.4) is 0 Å². The molecular formula is C34H27BrO10. The molecule has 0 bridgehead atoms. The second-order valence-electron chi connectivity index (χ2n) is 10.5. The molecule has 6 atom stereocenters. The lowest BCUT2D eigenvalue weighted by atomic mass is 9.57. The first-order chi connectivity index (χ1) is 21.5. The van der Waals surface area contributed by atoms with Gasteiger partial charge < -0.3 is 25.2 Å². The fourth-order valence-electron chi connectivity index (χ4n) is 5.62. The molecule has 0 radical (unpaired) electrons. The molecule has 0 amide bonds.